The average Bonchev–Trinajstić information content (AvgIpc) is 3.23. The Morgan fingerprint density at radius 1 is 1.22 bits per heavy atom. The van der Waals surface area contributed by atoms with Crippen LogP contribution in [0.3, 0.4) is 0 Å². The Bertz CT molecular complexity index is 1140. The van der Waals surface area contributed by atoms with E-state index in [1.54, 1.807) is 6.08 Å². The van der Waals surface area contributed by atoms with Gasteiger partial charge in [0.15, 0.2) is 5.65 Å². The van der Waals surface area contributed by atoms with Gasteiger partial charge in [-0.2, -0.15) is 14.6 Å². The van der Waals surface area contributed by atoms with Crippen LogP contribution in [0.2, 0.25) is 0 Å². The van der Waals surface area contributed by atoms with Crippen molar-refractivity contribution in [2.75, 3.05) is 37.8 Å². The largest absolute Gasteiger partial charge is 0.477 e. The van der Waals surface area contributed by atoms with Crippen molar-refractivity contribution < 1.29 is 9.47 Å². The van der Waals surface area contributed by atoms with Crippen LogP contribution in [0.4, 0.5) is 5.82 Å². The van der Waals surface area contributed by atoms with Gasteiger partial charge < -0.3 is 14.4 Å². The van der Waals surface area contributed by atoms with Crippen LogP contribution in [0.25, 0.3) is 11.2 Å². The maximum Gasteiger partial charge on any atom is 0.219 e. The van der Waals surface area contributed by atoms with Crippen LogP contribution in [-0.4, -0.2) is 47.5 Å². The Morgan fingerprint density at radius 2 is 2.06 bits per heavy atom. The Balaban J connectivity index is 1.65. The van der Waals surface area contributed by atoms with Gasteiger partial charge >= 0.3 is 0 Å². The highest BCUT2D eigenvalue weighted by molar-refractivity contribution is 5.75. The predicted octanol–water partition coefficient (Wildman–Crippen LogP) is 4.64. The van der Waals surface area contributed by atoms with Crippen molar-refractivity contribution in [3.8, 4) is 5.88 Å². The van der Waals surface area contributed by atoms with E-state index in [9.17, 15) is 0 Å². The molecule has 0 spiro atoms. The summed E-state index contributed by atoms with van der Waals surface area (Å²) in [7, 11) is 0. The average molecular weight is 431 g/mol. The Kier molecular flexibility index (Phi) is 7.02. The van der Waals surface area contributed by atoms with Crippen LogP contribution >= 0.6 is 0 Å². The molecule has 1 saturated heterocycles. The first kappa shape index (κ1) is 21.8. The summed E-state index contributed by atoms with van der Waals surface area (Å²) in [4.78, 5) is 7.02. The molecule has 166 valence electrons. The highest BCUT2D eigenvalue weighted by atomic mass is 16.5. The van der Waals surface area contributed by atoms with Crippen LogP contribution < -0.4 is 9.64 Å². The number of morpholine rings is 1. The lowest BCUT2D eigenvalue weighted by Gasteiger charge is -2.29. The summed E-state index contributed by atoms with van der Waals surface area (Å²) in [6.07, 6.45) is 8.58. The number of rotatable bonds is 8. The molecular weight excluding hydrogens is 400 g/mol. The molecule has 0 aliphatic carbocycles. The second-order valence-electron chi connectivity index (χ2n) is 7.80. The van der Waals surface area contributed by atoms with Gasteiger partial charge in [-0.3, -0.25) is 0 Å². The van der Waals surface area contributed by atoms with E-state index >= 15 is 0 Å². The zero-order chi connectivity index (χ0) is 22.3. The molecule has 0 radical (unpaired) electrons. The molecule has 3 aromatic rings. The fraction of sp³-hybridized carbons (Fsp3) is 0.308. The molecule has 1 aliphatic heterocycles. The highest BCUT2D eigenvalue weighted by Crippen LogP contribution is 2.26. The summed E-state index contributed by atoms with van der Waals surface area (Å²) < 4.78 is 13.5. The van der Waals surface area contributed by atoms with Gasteiger partial charge in [-0.15, -0.1) is 0 Å². The van der Waals surface area contributed by atoms with E-state index in [0.29, 0.717) is 25.7 Å². The van der Waals surface area contributed by atoms with Crippen molar-refractivity contribution in [2.45, 2.75) is 20.3 Å². The fourth-order valence-corrected chi connectivity index (χ4v) is 3.84. The smallest absolute Gasteiger partial charge is 0.219 e. The highest BCUT2D eigenvalue weighted by Gasteiger charge is 2.19. The lowest BCUT2D eigenvalue weighted by molar-refractivity contribution is 0.122. The van der Waals surface area contributed by atoms with E-state index in [4.69, 9.17) is 19.6 Å². The predicted molar refractivity (Wildman–Crippen MR) is 129 cm³/mol. The number of aryl methyl sites for hydroxylation is 1. The van der Waals surface area contributed by atoms with Gasteiger partial charge in [0.05, 0.1) is 25.5 Å². The van der Waals surface area contributed by atoms with E-state index < -0.39 is 0 Å². The molecule has 2 aromatic heterocycles. The summed E-state index contributed by atoms with van der Waals surface area (Å²) in [5, 5.41) is 4.85. The minimum atomic E-state index is 0.566. The van der Waals surface area contributed by atoms with Crippen LogP contribution in [0.15, 0.2) is 67.3 Å². The molecule has 3 heterocycles. The van der Waals surface area contributed by atoms with Crippen molar-refractivity contribution >= 4 is 17.0 Å². The number of fused-ring (bicyclic) bond motifs is 1. The third-order valence-electron chi connectivity index (χ3n) is 5.38. The third-order valence-corrected chi connectivity index (χ3v) is 5.38. The summed E-state index contributed by atoms with van der Waals surface area (Å²) in [5.41, 5.74) is 5.11. The molecule has 6 nitrogen and oxygen atoms in total. The third kappa shape index (κ3) is 5.08. The van der Waals surface area contributed by atoms with Gasteiger partial charge in [-0.1, -0.05) is 60.7 Å². The lowest BCUT2D eigenvalue weighted by atomic mass is 10.1. The molecule has 0 unspecified atom stereocenters. The number of allylic oxidation sites excluding steroid dienone is 5. The maximum absolute atomic E-state index is 6.10. The molecule has 1 aromatic carbocycles. The number of benzene rings is 1. The number of anilines is 1. The Labute approximate surface area is 189 Å². The molecule has 1 fully saturated rings. The molecule has 1 aliphatic rings. The molecule has 32 heavy (non-hydrogen) atoms. The van der Waals surface area contributed by atoms with Crippen molar-refractivity contribution in [1.82, 2.24) is 14.6 Å². The first-order valence-corrected chi connectivity index (χ1v) is 11.1. The quantitative estimate of drug-likeness (QED) is 0.487. The molecule has 0 N–H and O–H groups in total. The normalized spacial score (nSPS) is 14.9. The summed E-state index contributed by atoms with van der Waals surface area (Å²) in [5.74, 6) is 1.58. The summed E-state index contributed by atoms with van der Waals surface area (Å²) >= 11 is 0. The SMILES string of the molecule is C=C/C=C(\C=C/C)c1cc2nc(OCCc3cccc(C)c3)cc(N3CCOCC3)n2n1. The number of hydrogen-bond acceptors (Lipinski definition) is 5. The Hall–Kier alpha value is -3.38. The minimum Gasteiger partial charge on any atom is -0.477 e. The second kappa shape index (κ2) is 10.3. The lowest BCUT2D eigenvalue weighted by Crippen LogP contribution is -2.37. The van der Waals surface area contributed by atoms with E-state index in [1.165, 1.54) is 11.1 Å². The van der Waals surface area contributed by atoms with Gasteiger partial charge in [0, 0.05) is 37.2 Å². The Morgan fingerprint density at radius 3 is 2.81 bits per heavy atom. The van der Waals surface area contributed by atoms with Crippen molar-refractivity contribution in [2.24, 2.45) is 0 Å². The summed E-state index contributed by atoms with van der Waals surface area (Å²) in [6, 6.07) is 12.5. The monoisotopic (exact) mass is 430 g/mol. The number of ether oxygens (including phenoxy) is 2. The number of hydrogen-bond donors (Lipinski definition) is 0. The molecule has 0 saturated carbocycles. The zero-order valence-electron chi connectivity index (χ0n) is 18.8. The molecule has 0 bridgehead atoms. The van der Waals surface area contributed by atoms with Gasteiger partial charge in [-0.25, -0.2) is 0 Å². The van der Waals surface area contributed by atoms with Crippen LogP contribution in [-0.2, 0) is 11.2 Å². The number of aromatic nitrogens is 3. The van der Waals surface area contributed by atoms with Crippen molar-refractivity contribution in [3.05, 3.63) is 84.1 Å². The minimum absolute atomic E-state index is 0.566. The maximum atomic E-state index is 6.10. The molecule has 6 heteroatoms. The first-order chi connectivity index (χ1) is 15.7. The van der Waals surface area contributed by atoms with E-state index in [0.717, 1.165) is 42.2 Å². The summed E-state index contributed by atoms with van der Waals surface area (Å²) in [6.45, 7) is 11.5. The van der Waals surface area contributed by atoms with E-state index in [2.05, 4.69) is 42.7 Å². The van der Waals surface area contributed by atoms with Gasteiger partial charge in [0.2, 0.25) is 5.88 Å². The molecular formula is C26H30N4O2. The topological polar surface area (TPSA) is 51.9 Å². The molecule has 0 atom stereocenters. The number of nitrogens with zero attached hydrogens (tertiary/aromatic N) is 4. The van der Waals surface area contributed by atoms with Crippen molar-refractivity contribution in [3.63, 3.8) is 0 Å². The van der Waals surface area contributed by atoms with Gasteiger partial charge in [0.25, 0.3) is 0 Å². The fourth-order valence-electron chi connectivity index (χ4n) is 3.84. The zero-order valence-corrected chi connectivity index (χ0v) is 18.8. The van der Waals surface area contributed by atoms with E-state index in [-0.39, 0.29) is 0 Å². The molecule has 0 amide bonds. The standard InChI is InChI=1S/C26H30N4O2/c1-4-7-22(8-5-2)23-18-24-27-25(32-14-11-21-10-6-9-20(3)17-21)19-26(30(24)28-23)29-12-15-31-16-13-29/h4-10,17-19H,1,11-16H2,2-3H3/b8-5-,22-7+. The van der Waals surface area contributed by atoms with Crippen LogP contribution in [0.5, 0.6) is 5.88 Å². The van der Waals surface area contributed by atoms with Crippen LogP contribution in [0, 0.1) is 6.92 Å². The first-order valence-electron chi connectivity index (χ1n) is 11.1. The van der Waals surface area contributed by atoms with E-state index in [1.807, 2.05) is 41.8 Å². The van der Waals surface area contributed by atoms with Crippen molar-refractivity contribution in [1.29, 1.82) is 0 Å². The van der Waals surface area contributed by atoms with Gasteiger partial charge in [0.1, 0.15) is 5.82 Å². The second-order valence-corrected chi connectivity index (χ2v) is 7.80. The molecule has 4 rings (SSSR count). The van der Waals surface area contributed by atoms with Gasteiger partial charge in [-0.05, 0) is 19.4 Å². The van der Waals surface area contributed by atoms with Crippen LogP contribution in [0.1, 0.15) is 23.7 Å².